The maximum atomic E-state index is 11.8. The smallest absolute Gasteiger partial charge is 0.343 e. The van der Waals surface area contributed by atoms with Crippen LogP contribution in [-0.4, -0.2) is 22.2 Å². The largest absolute Gasteiger partial charge is 0.471 e. The van der Waals surface area contributed by atoms with Gasteiger partial charge < -0.3 is 9.84 Å². The lowest BCUT2D eigenvalue weighted by atomic mass is 10.3. The molecule has 0 radical (unpaired) electrons. The summed E-state index contributed by atoms with van der Waals surface area (Å²) in [5, 5.41) is 4.96. The molecule has 1 rings (SSSR count). The summed E-state index contributed by atoms with van der Waals surface area (Å²) >= 11 is 0. The zero-order chi connectivity index (χ0) is 10.8. The van der Waals surface area contributed by atoms with Crippen molar-refractivity contribution in [2.45, 2.75) is 19.1 Å². The summed E-state index contributed by atoms with van der Waals surface area (Å²) in [5.74, 6) is -2.04. The van der Waals surface area contributed by atoms with E-state index >= 15 is 0 Å². The van der Waals surface area contributed by atoms with E-state index in [1.807, 2.05) is 0 Å². The van der Waals surface area contributed by atoms with Gasteiger partial charge in [0.15, 0.2) is 5.82 Å². The zero-order valence-electron chi connectivity index (χ0n) is 7.00. The molecular formula is C6H6F3N3O2. The third-order valence-electron chi connectivity index (χ3n) is 1.37. The number of nitrogens with zero attached hydrogens (tertiary/aromatic N) is 2. The van der Waals surface area contributed by atoms with E-state index in [4.69, 9.17) is 0 Å². The molecule has 14 heavy (non-hydrogen) atoms. The molecule has 1 N–H and O–H groups in total. The maximum Gasteiger partial charge on any atom is 0.471 e. The van der Waals surface area contributed by atoms with Crippen molar-refractivity contribution >= 4 is 5.91 Å². The first kappa shape index (κ1) is 10.5. The Balaban J connectivity index is 2.58. The Bertz CT molecular complexity index is 309. The van der Waals surface area contributed by atoms with E-state index in [1.165, 1.54) is 6.92 Å². The van der Waals surface area contributed by atoms with E-state index in [2.05, 4.69) is 14.7 Å². The fraction of sp³-hybridized carbons (Fsp3) is 0.500. The molecule has 0 spiro atoms. The number of hydrogen-bond donors (Lipinski definition) is 1. The third-order valence-corrected chi connectivity index (χ3v) is 1.37. The van der Waals surface area contributed by atoms with Gasteiger partial charge in [0.25, 0.3) is 0 Å². The van der Waals surface area contributed by atoms with Crippen LogP contribution in [0.1, 0.15) is 18.8 Å². The molecular weight excluding hydrogens is 203 g/mol. The van der Waals surface area contributed by atoms with Crippen molar-refractivity contribution in [3.8, 4) is 0 Å². The lowest BCUT2D eigenvalue weighted by molar-refractivity contribution is -0.174. The minimum atomic E-state index is -4.90. The molecule has 0 aromatic carbocycles. The number of aromatic nitrogens is 2. The fourth-order valence-corrected chi connectivity index (χ4v) is 0.713. The highest BCUT2D eigenvalue weighted by Gasteiger charge is 2.39. The van der Waals surface area contributed by atoms with Gasteiger partial charge in [-0.1, -0.05) is 5.16 Å². The van der Waals surface area contributed by atoms with Gasteiger partial charge in [-0.3, -0.25) is 4.79 Å². The first-order valence-corrected chi connectivity index (χ1v) is 3.55. The van der Waals surface area contributed by atoms with Crippen molar-refractivity contribution in [1.82, 2.24) is 15.5 Å². The van der Waals surface area contributed by atoms with Gasteiger partial charge in [0.05, 0.1) is 6.04 Å². The Morgan fingerprint density at radius 3 is 2.71 bits per heavy atom. The van der Waals surface area contributed by atoms with Crippen molar-refractivity contribution in [3.05, 3.63) is 12.2 Å². The van der Waals surface area contributed by atoms with Crippen LogP contribution in [0.25, 0.3) is 0 Å². The molecule has 0 aliphatic rings. The summed E-state index contributed by atoms with van der Waals surface area (Å²) in [7, 11) is 0. The van der Waals surface area contributed by atoms with Gasteiger partial charge in [-0.2, -0.15) is 18.2 Å². The first-order valence-electron chi connectivity index (χ1n) is 3.55. The lowest BCUT2D eigenvalue weighted by Crippen LogP contribution is -2.38. The predicted molar refractivity (Wildman–Crippen MR) is 36.9 cm³/mol. The molecule has 8 heteroatoms. The molecule has 78 valence electrons. The molecule has 1 atom stereocenters. The van der Waals surface area contributed by atoms with Gasteiger partial charge in [0, 0.05) is 0 Å². The Hall–Kier alpha value is -1.60. The fourth-order valence-electron chi connectivity index (χ4n) is 0.713. The molecule has 1 unspecified atom stereocenters. The van der Waals surface area contributed by atoms with Gasteiger partial charge in [-0.25, -0.2) is 0 Å². The van der Waals surface area contributed by atoms with E-state index in [0.29, 0.717) is 0 Å². The average molecular weight is 209 g/mol. The van der Waals surface area contributed by atoms with Crippen molar-refractivity contribution in [1.29, 1.82) is 0 Å². The van der Waals surface area contributed by atoms with Crippen LogP contribution in [0.4, 0.5) is 13.2 Å². The van der Waals surface area contributed by atoms with Crippen LogP contribution in [0.5, 0.6) is 0 Å². The molecule has 5 nitrogen and oxygen atoms in total. The van der Waals surface area contributed by atoms with E-state index in [-0.39, 0.29) is 5.82 Å². The van der Waals surface area contributed by atoms with Crippen molar-refractivity contribution in [3.63, 3.8) is 0 Å². The van der Waals surface area contributed by atoms with Crippen LogP contribution in [-0.2, 0) is 4.79 Å². The predicted octanol–water partition coefficient (Wildman–Crippen LogP) is 0.809. The normalized spacial score (nSPS) is 13.7. The monoisotopic (exact) mass is 209 g/mol. The third kappa shape index (κ3) is 2.44. The number of amides is 1. The first-order chi connectivity index (χ1) is 6.41. The number of nitrogens with one attached hydrogen (secondary N) is 1. The summed E-state index contributed by atoms with van der Waals surface area (Å²) in [5.41, 5.74) is 0. The molecule has 1 aromatic rings. The standard InChI is InChI=1S/C6H6F3N3O2/c1-3(4-10-2-14-12-4)11-5(13)6(7,8)9/h2-3H,1H3,(H,11,13). The van der Waals surface area contributed by atoms with Gasteiger partial charge >= 0.3 is 12.1 Å². The number of carbonyl (C=O) groups is 1. The van der Waals surface area contributed by atoms with Crippen LogP contribution in [0, 0.1) is 0 Å². The van der Waals surface area contributed by atoms with Crippen LogP contribution in [0.15, 0.2) is 10.9 Å². The highest BCUT2D eigenvalue weighted by molar-refractivity contribution is 5.81. The van der Waals surface area contributed by atoms with Crippen molar-refractivity contribution < 1.29 is 22.5 Å². The highest BCUT2D eigenvalue weighted by atomic mass is 19.4. The molecule has 1 amide bonds. The highest BCUT2D eigenvalue weighted by Crippen LogP contribution is 2.16. The molecule has 0 aliphatic heterocycles. The number of halogens is 3. The minimum absolute atomic E-state index is 0.0115. The van der Waals surface area contributed by atoms with Gasteiger partial charge in [-0.15, -0.1) is 0 Å². The van der Waals surface area contributed by atoms with Gasteiger partial charge in [-0.05, 0) is 6.92 Å². The van der Waals surface area contributed by atoms with E-state index < -0.39 is 18.1 Å². The molecule has 1 heterocycles. The Kier molecular flexibility index (Phi) is 2.73. The SMILES string of the molecule is CC(NC(=O)C(F)(F)F)c1ncon1. The number of rotatable bonds is 2. The second-order valence-electron chi connectivity index (χ2n) is 2.48. The van der Waals surface area contributed by atoms with Crippen LogP contribution >= 0.6 is 0 Å². The molecule has 0 aliphatic carbocycles. The lowest BCUT2D eigenvalue weighted by Gasteiger charge is -2.11. The quantitative estimate of drug-likeness (QED) is 0.782. The van der Waals surface area contributed by atoms with Gasteiger partial charge in [0.1, 0.15) is 0 Å². The van der Waals surface area contributed by atoms with Crippen molar-refractivity contribution in [2.24, 2.45) is 0 Å². The number of alkyl halides is 3. The van der Waals surface area contributed by atoms with Crippen LogP contribution in [0.3, 0.4) is 0 Å². The number of hydrogen-bond acceptors (Lipinski definition) is 4. The summed E-state index contributed by atoms with van der Waals surface area (Å²) in [4.78, 5) is 13.9. The molecule has 0 saturated heterocycles. The maximum absolute atomic E-state index is 11.8. The number of carbonyl (C=O) groups excluding carboxylic acids is 1. The van der Waals surface area contributed by atoms with Crippen molar-refractivity contribution in [2.75, 3.05) is 0 Å². The second-order valence-corrected chi connectivity index (χ2v) is 2.48. The van der Waals surface area contributed by atoms with Gasteiger partial charge in [0.2, 0.25) is 6.39 Å². The summed E-state index contributed by atoms with van der Waals surface area (Å²) in [6, 6.07) is -0.942. The Morgan fingerprint density at radius 1 is 1.64 bits per heavy atom. The average Bonchev–Trinajstić information content (AvgIpc) is 2.53. The Morgan fingerprint density at radius 2 is 2.29 bits per heavy atom. The van der Waals surface area contributed by atoms with Crippen LogP contribution < -0.4 is 5.32 Å². The Labute approximate surface area is 76.3 Å². The molecule has 1 aromatic heterocycles. The summed E-state index contributed by atoms with van der Waals surface area (Å²) < 4.78 is 39.6. The summed E-state index contributed by atoms with van der Waals surface area (Å²) in [6.07, 6.45) is -3.94. The summed E-state index contributed by atoms with van der Waals surface area (Å²) in [6.45, 7) is 1.31. The molecule has 0 bridgehead atoms. The van der Waals surface area contributed by atoms with Crippen LogP contribution in [0.2, 0.25) is 0 Å². The van der Waals surface area contributed by atoms with E-state index in [1.54, 1.807) is 5.32 Å². The second kappa shape index (κ2) is 3.64. The van der Waals surface area contributed by atoms with E-state index in [9.17, 15) is 18.0 Å². The topological polar surface area (TPSA) is 68.0 Å². The zero-order valence-corrected chi connectivity index (χ0v) is 7.00. The minimum Gasteiger partial charge on any atom is -0.343 e. The van der Waals surface area contributed by atoms with E-state index in [0.717, 1.165) is 6.39 Å². The molecule has 0 saturated carbocycles. The molecule has 0 fully saturated rings.